The number of ether oxygens (including phenoxy) is 1. The van der Waals surface area contributed by atoms with E-state index in [0.29, 0.717) is 12.3 Å². The van der Waals surface area contributed by atoms with Crippen molar-refractivity contribution in [2.45, 2.75) is 45.7 Å². The smallest absolute Gasteiger partial charge is 0.309 e. The van der Waals surface area contributed by atoms with E-state index in [2.05, 4.69) is 30.9 Å². The second kappa shape index (κ2) is 6.89. The monoisotopic (exact) mass is 275 g/mol. The highest BCUT2D eigenvalue weighted by Crippen LogP contribution is 2.29. The van der Waals surface area contributed by atoms with Crippen LogP contribution in [0.1, 0.15) is 37.8 Å². The molecule has 0 aromatic heterocycles. The number of hydrogen-bond donors (Lipinski definition) is 0. The van der Waals surface area contributed by atoms with Crippen LogP contribution in [0.3, 0.4) is 0 Å². The zero-order valence-corrected chi connectivity index (χ0v) is 12.8. The van der Waals surface area contributed by atoms with Crippen LogP contribution in [0.5, 0.6) is 0 Å². The molecule has 0 atom stereocenters. The SMILES string of the molecule is COC(=O)Cc1ccccc1CN(CC(C)C)C1CC1. The standard InChI is InChI=1S/C17H25NO2/c1-13(2)11-18(16-8-9-16)12-15-7-5-4-6-14(15)10-17(19)20-3/h4-7,13,16H,8-12H2,1-3H3. The molecule has 1 aliphatic rings. The van der Waals surface area contributed by atoms with Gasteiger partial charge in [-0.2, -0.15) is 0 Å². The second-order valence-electron chi connectivity index (χ2n) is 6.08. The minimum absolute atomic E-state index is 0.167. The van der Waals surface area contributed by atoms with Gasteiger partial charge in [0.05, 0.1) is 13.5 Å². The molecule has 3 heteroatoms. The number of esters is 1. The Morgan fingerprint density at radius 3 is 2.50 bits per heavy atom. The number of hydrogen-bond acceptors (Lipinski definition) is 3. The van der Waals surface area contributed by atoms with Gasteiger partial charge >= 0.3 is 5.97 Å². The molecule has 0 saturated heterocycles. The number of methoxy groups -OCH3 is 1. The number of carbonyl (C=O) groups excluding carboxylic acids is 1. The molecule has 0 amide bonds. The predicted molar refractivity (Wildman–Crippen MR) is 80.4 cm³/mol. The van der Waals surface area contributed by atoms with E-state index < -0.39 is 0 Å². The van der Waals surface area contributed by atoms with Crippen molar-refractivity contribution in [3.05, 3.63) is 35.4 Å². The quantitative estimate of drug-likeness (QED) is 0.716. The van der Waals surface area contributed by atoms with Crippen LogP contribution in [0.25, 0.3) is 0 Å². The molecule has 0 aliphatic heterocycles. The average Bonchev–Trinajstić information content (AvgIpc) is 3.24. The summed E-state index contributed by atoms with van der Waals surface area (Å²) < 4.78 is 4.79. The zero-order chi connectivity index (χ0) is 14.5. The summed E-state index contributed by atoms with van der Waals surface area (Å²) in [4.78, 5) is 14.1. The highest BCUT2D eigenvalue weighted by molar-refractivity contribution is 5.72. The highest BCUT2D eigenvalue weighted by Gasteiger charge is 2.29. The van der Waals surface area contributed by atoms with E-state index in [1.165, 1.54) is 25.5 Å². The van der Waals surface area contributed by atoms with Crippen molar-refractivity contribution in [1.29, 1.82) is 0 Å². The summed E-state index contributed by atoms with van der Waals surface area (Å²) in [5.41, 5.74) is 2.35. The van der Waals surface area contributed by atoms with Crippen LogP contribution >= 0.6 is 0 Å². The van der Waals surface area contributed by atoms with Gasteiger partial charge in [-0.1, -0.05) is 38.1 Å². The number of carbonyl (C=O) groups is 1. The minimum atomic E-state index is -0.167. The van der Waals surface area contributed by atoms with Crippen molar-refractivity contribution in [1.82, 2.24) is 4.90 Å². The molecule has 1 aromatic carbocycles. The van der Waals surface area contributed by atoms with Crippen LogP contribution in [0.4, 0.5) is 0 Å². The van der Waals surface area contributed by atoms with Crippen molar-refractivity contribution in [2.24, 2.45) is 5.92 Å². The van der Waals surface area contributed by atoms with Crippen LogP contribution in [0, 0.1) is 5.92 Å². The van der Waals surface area contributed by atoms with Crippen molar-refractivity contribution in [3.63, 3.8) is 0 Å². The van der Waals surface area contributed by atoms with E-state index in [1.807, 2.05) is 12.1 Å². The van der Waals surface area contributed by atoms with E-state index in [0.717, 1.165) is 24.7 Å². The maximum Gasteiger partial charge on any atom is 0.309 e. The fourth-order valence-electron chi connectivity index (χ4n) is 2.58. The van der Waals surface area contributed by atoms with Gasteiger partial charge in [0.1, 0.15) is 0 Å². The third-order valence-corrected chi connectivity index (χ3v) is 3.72. The molecule has 110 valence electrons. The van der Waals surface area contributed by atoms with E-state index in [-0.39, 0.29) is 5.97 Å². The lowest BCUT2D eigenvalue weighted by Gasteiger charge is -2.25. The molecular formula is C17H25NO2. The molecule has 1 saturated carbocycles. The number of nitrogens with zero attached hydrogens (tertiary/aromatic N) is 1. The Labute approximate surface area is 121 Å². The topological polar surface area (TPSA) is 29.5 Å². The van der Waals surface area contributed by atoms with Gasteiger partial charge in [-0.25, -0.2) is 0 Å². The van der Waals surface area contributed by atoms with Gasteiger partial charge < -0.3 is 4.74 Å². The van der Waals surface area contributed by atoms with Crippen LogP contribution in [0.2, 0.25) is 0 Å². The molecule has 3 nitrogen and oxygen atoms in total. The van der Waals surface area contributed by atoms with Gasteiger partial charge in [-0.15, -0.1) is 0 Å². The van der Waals surface area contributed by atoms with Crippen LogP contribution in [-0.2, 0) is 22.5 Å². The number of benzene rings is 1. The van der Waals surface area contributed by atoms with Crippen molar-refractivity contribution < 1.29 is 9.53 Å². The molecule has 0 bridgehead atoms. The van der Waals surface area contributed by atoms with E-state index in [1.54, 1.807) is 0 Å². The van der Waals surface area contributed by atoms with E-state index in [9.17, 15) is 4.79 Å². The first-order valence-electron chi connectivity index (χ1n) is 7.47. The summed E-state index contributed by atoms with van der Waals surface area (Å²) in [5.74, 6) is 0.502. The lowest BCUT2D eigenvalue weighted by molar-refractivity contribution is -0.139. The van der Waals surface area contributed by atoms with Crippen molar-refractivity contribution >= 4 is 5.97 Å². The fourth-order valence-corrected chi connectivity index (χ4v) is 2.58. The largest absolute Gasteiger partial charge is 0.469 e. The molecule has 0 heterocycles. The van der Waals surface area contributed by atoms with Crippen molar-refractivity contribution in [2.75, 3.05) is 13.7 Å². The Hall–Kier alpha value is -1.35. The van der Waals surface area contributed by atoms with E-state index in [4.69, 9.17) is 4.74 Å². The molecule has 0 radical (unpaired) electrons. The average molecular weight is 275 g/mol. The van der Waals surface area contributed by atoms with Gasteiger partial charge in [-0.3, -0.25) is 9.69 Å². The zero-order valence-electron chi connectivity index (χ0n) is 12.8. The minimum Gasteiger partial charge on any atom is -0.469 e. The van der Waals surface area contributed by atoms with Crippen molar-refractivity contribution in [3.8, 4) is 0 Å². The molecule has 1 aromatic rings. The summed E-state index contributed by atoms with van der Waals surface area (Å²) in [6.07, 6.45) is 2.99. The molecule has 0 spiro atoms. The van der Waals surface area contributed by atoms with Crippen LogP contribution < -0.4 is 0 Å². The summed E-state index contributed by atoms with van der Waals surface area (Å²) in [7, 11) is 1.44. The molecule has 20 heavy (non-hydrogen) atoms. The maximum absolute atomic E-state index is 11.5. The Balaban J connectivity index is 2.08. The summed E-state index contributed by atoms with van der Waals surface area (Å²) in [5, 5.41) is 0. The first kappa shape index (κ1) is 15.0. The molecule has 0 unspecified atom stereocenters. The van der Waals surface area contributed by atoms with Gasteiger partial charge in [0.25, 0.3) is 0 Å². The number of rotatable bonds is 7. The molecular weight excluding hydrogens is 250 g/mol. The lowest BCUT2D eigenvalue weighted by atomic mass is 10.0. The second-order valence-corrected chi connectivity index (χ2v) is 6.08. The van der Waals surface area contributed by atoms with Crippen LogP contribution in [0.15, 0.2) is 24.3 Å². The third-order valence-electron chi connectivity index (χ3n) is 3.72. The van der Waals surface area contributed by atoms with Gasteiger partial charge in [0, 0.05) is 19.1 Å². The Kier molecular flexibility index (Phi) is 5.18. The molecule has 1 fully saturated rings. The summed E-state index contributed by atoms with van der Waals surface area (Å²) in [6.45, 7) is 6.58. The van der Waals surface area contributed by atoms with E-state index >= 15 is 0 Å². The predicted octanol–water partition coefficient (Wildman–Crippen LogP) is 3.02. The van der Waals surface area contributed by atoms with Crippen LogP contribution in [-0.4, -0.2) is 30.6 Å². The molecule has 2 rings (SSSR count). The highest BCUT2D eigenvalue weighted by atomic mass is 16.5. The molecule has 0 N–H and O–H groups in total. The Morgan fingerprint density at radius 2 is 1.95 bits per heavy atom. The lowest BCUT2D eigenvalue weighted by Crippen LogP contribution is -2.30. The first-order valence-corrected chi connectivity index (χ1v) is 7.47. The Bertz CT molecular complexity index is 452. The maximum atomic E-state index is 11.5. The first-order chi connectivity index (χ1) is 9.60. The van der Waals surface area contributed by atoms with Gasteiger partial charge in [0.2, 0.25) is 0 Å². The Morgan fingerprint density at radius 1 is 1.30 bits per heavy atom. The fraction of sp³-hybridized carbons (Fsp3) is 0.588. The summed E-state index contributed by atoms with van der Waals surface area (Å²) >= 11 is 0. The van der Waals surface area contributed by atoms with Gasteiger partial charge in [0.15, 0.2) is 0 Å². The third kappa shape index (κ3) is 4.34. The van der Waals surface area contributed by atoms with Gasteiger partial charge in [-0.05, 0) is 29.9 Å². The summed E-state index contributed by atoms with van der Waals surface area (Å²) in [6, 6.07) is 8.95. The molecule has 1 aliphatic carbocycles. The normalized spacial score (nSPS) is 14.8.